The van der Waals surface area contributed by atoms with Gasteiger partial charge in [-0.05, 0) is 11.6 Å². The van der Waals surface area contributed by atoms with E-state index in [0.29, 0.717) is 26.3 Å². The number of rotatable bonds is 6. The summed E-state index contributed by atoms with van der Waals surface area (Å²) in [5.41, 5.74) is 0. The molecule has 0 spiro atoms. The summed E-state index contributed by atoms with van der Waals surface area (Å²) in [6.45, 7) is 2.09. The van der Waals surface area contributed by atoms with Gasteiger partial charge in [-0.3, -0.25) is 0 Å². The average Bonchev–Trinajstić information content (AvgIpc) is 2.66. The van der Waals surface area contributed by atoms with Crippen molar-refractivity contribution in [1.29, 1.82) is 0 Å². The van der Waals surface area contributed by atoms with Gasteiger partial charge in [0.05, 0.1) is 25.6 Å². The van der Waals surface area contributed by atoms with Crippen molar-refractivity contribution in [3.63, 3.8) is 0 Å². The Kier molecular flexibility index (Phi) is 6.07. The van der Waals surface area contributed by atoms with Crippen LogP contribution in [0.3, 0.4) is 0 Å². The molecule has 3 heterocycles. The highest BCUT2D eigenvalue weighted by Gasteiger charge is 2.22. The van der Waals surface area contributed by atoms with Crippen LogP contribution in [0.15, 0.2) is 12.4 Å². The quantitative estimate of drug-likeness (QED) is 0.753. The fourth-order valence-corrected chi connectivity index (χ4v) is 2.63. The number of halogens is 3. The smallest absolute Gasteiger partial charge is 0.226 e. The van der Waals surface area contributed by atoms with Crippen molar-refractivity contribution >= 4 is 23.2 Å². The van der Waals surface area contributed by atoms with Crippen LogP contribution in [0, 0.1) is 11.6 Å². The fraction of sp³-hybridized carbons (Fsp3) is 0.467. The molecule has 0 amide bonds. The van der Waals surface area contributed by atoms with Crippen molar-refractivity contribution in [2.24, 2.45) is 0 Å². The minimum absolute atomic E-state index is 0.0596. The molecule has 0 aromatic carbocycles. The van der Waals surface area contributed by atoms with Crippen molar-refractivity contribution < 1.29 is 18.3 Å². The standard InChI is InChI=1S/C15H17ClF2N6O2/c1-25-10(12-19-6-9(17)7-20-12)8-21-13-11(18)14(23-15(16)22-13)24-2-4-26-5-3-24/h6-7,10H,2-5,8H2,1H3,(H,21,22,23). The Morgan fingerprint density at radius 2 is 1.96 bits per heavy atom. The number of ether oxygens (including phenoxy) is 2. The molecule has 26 heavy (non-hydrogen) atoms. The number of aromatic nitrogens is 4. The molecule has 1 aliphatic heterocycles. The van der Waals surface area contributed by atoms with Crippen LogP contribution in [-0.4, -0.2) is 59.9 Å². The van der Waals surface area contributed by atoms with E-state index in [-0.39, 0.29) is 29.3 Å². The van der Waals surface area contributed by atoms with Gasteiger partial charge in [0.2, 0.25) is 11.1 Å². The second-order valence-electron chi connectivity index (χ2n) is 5.44. The second kappa shape index (κ2) is 8.47. The molecule has 0 aliphatic carbocycles. The maximum atomic E-state index is 14.8. The highest BCUT2D eigenvalue weighted by molar-refractivity contribution is 6.28. The summed E-state index contributed by atoms with van der Waals surface area (Å²) in [4.78, 5) is 17.4. The molecule has 1 atom stereocenters. The zero-order valence-corrected chi connectivity index (χ0v) is 14.7. The number of nitrogens with zero attached hydrogens (tertiary/aromatic N) is 5. The summed E-state index contributed by atoms with van der Waals surface area (Å²) in [6, 6.07) is 0. The lowest BCUT2D eigenvalue weighted by Crippen LogP contribution is -2.37. The first-order chi connectivity index (χ1) is 12.6. The van der Waals surface area contributed by atoms with Crippen LogP contribution >= 0.6 is 11.6 Å². The molecule has 1 aliphatic rings. The first-order valence-electron chi connectivity index (χ1n) is 7.88. The van der Waals surface area contributed by atoms with E-state index < -0.39 is 17.7 Å². The van der Waals surface area contributed by atoms with Crippen molar-refractivity contribution in [2.75, 3.05) is 50.2 Å². The van der Waals surface area contributed by atoms with Gasteiger partial charge in [-0.1, -0.05) is 0 Å². The predicted molar refractivity (Wildman–Crippen MR) is 90.3 cm³/mol. The maximum Gasteiger partial charge on any atom is 0.226 e. The zero-order chi connectivity index (χ0) is 18.5. The minimum atomic E-state index is -0.629. The van der Waals surface area contributed by atoms with Crippen LogP contribution in [0.4, 0.5) is 20.4 Å². The van der Waals surface area contributed by atoms with E-state index in [1.165, 1.54) is 7.11 Å². The van der Waals surface area contributed by atoms with E-state index in [1.54, 1.807) is 4.90 Å². The summed E-state index contributed by atoms with van der Waals surface area (Å²) in [5.74, 6) is -0.861. The molecule has 0 saturated carbocycles. The van der Waals surface area contributed by atoms with E-state index in [2.05, 4.69) is 25.3 Å². The van der Waals surface area contributed by atoms with Crippen molar-refractivity contribution in [1.82, 2.24) is 19.9 Å². The molecule has 1 saturated heterocycles. The van der Waals surface area contributed by atoms with Crippen molar-refractivity contribution in [3.05, 3.63) is 35.1 Å². The van der Waals surface area contributed by atoms with Gasteiger partial charge in [0.25, 0.3) is 0 Å². The summed E-state index contributed by atoms with van der Waals surface area (Å²) in [6.07, 6.45) is 1.44. The Morgan fingerprint density at radius 3 is 2.62 bits per heavy atom. The third-order valence-corrected chi connectivity index (χ3v) is 3.95. The number of hydrogen-bond acceptors (Lipinski definition) is 8. The van der Waals surface area contributed by atoms with Crippen LogP contribution in [0.2, 0.25) is 5.28 Å². The topological polar surface area (TPSA) is 85.3 Å². The predicted octanol–water partition coefficient (Wildman–Crippen LogP) is 1.83. The summed E-state index contributed by atoms with van der Waals surface area (Å²) < 4.78 is 38.3. The van der Waals surface area contributed by atoms with E-state index in [0.717, 1.165) is 12.4 Å². The third kappa shape index (κ3) is 4.32. The van der Waals surface area contributed by atoms with Gasteiger partial charge in [-0.25, -0.2) is 14.4 Å². The Morgan fingerprint density at radius 1 is 1.27 bits per heavy atom. The number of anilines is 2. The van der Waals surface area contributed by atoms with E-state index in [1.807, 2.05) is 0 Å². The summed E-state index contributed by atoms with van der Waals surface area (Å²) in [5, 5.41) is 2.75. The average molecular weight is 387 g/mol. The first-order valence-corrected chi connectivity index (χ1v) is 8.26. The third-order valence-electron chi connectivity index (χ3n) is 3.78. The molecule has 2 aromatic heterocycles. The summed E-state index contributed by atoms with van der Waals surface area (Å²) in [7, 11) is 1.45. The van der Waals surface area contributed by atoms with Gasteiger partial charge in [0, 0.05) is 26.7 Å². The molecule has 2 aromatic rings. The molecule has 3 rings (SSSR count). The summed E-state index contributed by atoms with van der Waals surface area (Å²) >= 11 is 5.94. The Labute approximate surface area is 153 Å². The molecule has 1 unspecified atom stereocenters. The SMILES string of the molecule is COC(CNc1nc(Cl)nc(N2CCOCC2)c1F)c1ncc(F)cn1. The minimum Gasteiger partial charge on any atom is -0.378 e. The van der Waals surface area contributed by atoms with Gasteiger partial charge in [0.15, 0.2) is 23.3 Å². The lowest BCUT2D eigenvalue weighted by atomic mass is 10.3. The molecule has 0 bridgehead atoms. The van der Waals surface area contributed by atoms with Crippen molar-refractivity contribution in [2.45, 2.75) is 6.10 Å². The van der Waals surface area contributed by atoms with Gasteiger partial charge >= 0.3 is 0 Å². The molecule has 1 fully saturated rings. The second-order valence-corrected chi connectivity index (χ2v) is 5.78. The molecular weight excluding hydrogens is 370 g/mol. The molecule has 8 nitrogen and oxygen atoms in total. The molecule has 140 valence electrons. The van der Waals surface area contributed by atoms with E-state index >= 15 is 0 Å². The highest BCUT2D eigenvalue weighted by atomic mass is 35.5. The molecule has 0 radical (unpaired) electrons. The Balaban J connectivity index is 1.76. The number of methoxy groups -OCH3 is 1. The van der Waals surface area contributed by atoms with Crippen LogP contribution in [0.5, 0.6) is 0 Å². The monoisotopic (exact) mass is 386 g/mol. The molecular formula is C15H17ClF2N6O2. The normalized spacial score (nSPS) is 15.8. The van der Waals surface area contributed by atoms with E-state index in [9.17, 15) is 8.78 Å². The number of nitrogens with one attached hydrogen (secondary N) is 1. The Bertz CT molecular complexity index is 746. The number of morpholine rings is 1. The maximum absolute atomic E-state index is 14.8. The zero-order valence-electron chi connectivity index (χ0n) is 14.0. The lowest BCUT2D eigenvalue weighted by Gasteiger charge is -2.28. The van der Waals surface area contributed by atoms with Crippen LogP contribution in [0.1, 0.15) is 11.9 Å². The van der Waals surface area contributed by atoms with Crippen LogP contribution < -0.4 is 10.2 Å². The van der Waals surface area contributed by atoms with E-state index in [4.69, 9.17) is 21.1 Å². The molecule has 1 N–H and O–H groups in total. The van der Waals surface area contributed by atoms with Gasteiger partial charge in [-0.15, -0.1) is 0 Å². The highest BCUT2D eigenvalue weighted by Crippen LogP contribution is 2.25. The van der Waals surface area contributed by atoms with Crippen LogP contribution in [-0.2, 0) is 9.47 Å². The van der Waals surface area contributed by atoms with Gasteiger partial charge < -0.3 is 19.7 Å². The first kappa shape index (κ1) is 18.6. The van der Waals surface area contributed by atoms with Crippen LogP contribution in [0.25, 0.3) is 0 Å². The van der Waals surface area contributed by atoms with Crippen molar-refractivity contribution in [3.8, 4) is 0 Å². The molecule has 11 heteroatoms. The fourth-order valence-electron chi connectivity index (χ4n) is 2.47. The van der Waals surface area contributed by atoms with Gasteiger partial charge in [-0.2, -0.15) is 14.4 Å². The largest absolute Gasteiger partial charge is 0.378 e. The Hall–Kier alpha value is -2.17. The number of hydrogen-bond donors (Lipinski definition) is 1. The lowest BCUT2D eigenvalue weighted by molar-refractivity contribution is 0.106. The van der Waals surface area contributed by atoms with Gasteiger partial charge in [0.1, 0.15) is 6.10 Å².